The van der Waals surface area contributed by atoms with Gasteiger partial charge in [0.1, 0.15) is 0 Å². The van der Waals surface area contributed by atoms with Crippen LogP contribution in [0.25, 0.3) is 0 Å². The van der Waals surface area contributed by atoms with E-state index in [0.717, 1.165) is 23.9 Å². The van der Waals surface area contributed by atoms with E-state index in [9.17, 15) is 0 Å². The summed E-state index contributed by atoms with van der Waals surface area (Å²) in [4.78, 5) is 2.72. The predicted octanol–water partition coefficient (Wildman–Crippen LogP) is 2.64. The molecule has 3 aliphatic heterocycles. The van der Waals surface area contributed by atoms with Gasteiger partial charge in [-0.25, -0.2) is 0 Å². The van der Waals surface area contributed by atoms with E-state index in [4.69, 9.17) is 0 Å². The van der Waals surface area contributed by atoms with Crippen molar-refractivity contribution in [2.75, 3.05) is 19.6 Å². The van der Waals surface area contributed by atoms with E-state index in [1.165, 1.54) is 64.6 Å². The van der Waals surface area contributed by atoms with Gasteiger partial charge in [-0.1, -0.05) is 6.92 Å². The molecule has 98 valence electrons. The molecule has 3 rings (SSSR count). The second kappa shape index (κ2) is 5.27. The lowest BCUT2D eigenvalue weighted by atomic mass is 9.89. The lowest BCUT2D eigenvalue weighted by Crippen LogP contribution is -2.40. The van der Waals surface area contributed by atoms with Crippen LogP contribution in [-0.2, 0) is 0 Å². The minimum absolute atomic E-state index is 0.874. The first-order chi connectivity index (χ1) is 8.29. The molecule has 3 atom stereocenters. The van der Waals surface area contributed by atoms with E-state index in [-0.39, 0.29) is 0 Å². The SMILES string of the molecule is CC1CCCN(CCC2CC3CCC(C2)N3)C1. The second-order valence-corrected chi connectivity index (χ2v) is 6.81. The van der Waals surface area contributed by atoms with Gasteiger partial charge < -0.3 is 10.2 Å². The molecule has 3 fully saturated rings. The van der Waals surface area contributed by atoms with Crippen LogP contribution in [0, 0.1) is 11.8 Å². The zero-order chi connectivity index (χ0) is 11.7. The van der Waals surface area contributed by atoms with Crippen LogP contribution in [0.5, 0.6) is 0 Å². The molecule has 0 spiro atoms. The highest BCUT2D eigenvalue weighted by molar-refractivity contribution is 4.92. The Morgan fingerprint density at radius 3 is 2.59 bits per heavy atom. The normalized spacial score (nSPS) is 42.9. The largest absolute Gasteiger partial charge is 0.311 e. The third-order valence-electron chi connectivity index (χ3n) is 5.17. The quantitative estimate of drug-likeness (QED) is 0.810. The molecule has 2 nitrogen and oxygen atoms in total. The van der Waals surface area contributed by atoms with Crippen molar-refractivity contribution >= 4 is 0 Å². The molecule has 0 saturated carbocycles. The molecule has 0 radical (unpaired) electrons. The molecule has 3 unspecified atom stereocenters. The highest BCUT2D eigenvalue weighted by atomic mass is 15.1. The van der Waals surface area contributed by atoms with Gasteiger partial charge >= 0.3 is 0 Å². The number of fused-ring (bicyclic) bond motifs is 2. The average molecular weight is 236 g/mol. The van der Waals surface area contributed by atoms with Gasteiger partial charge in [0.2, 0.25) is 0 Å². The molecule has 1 N–H and O–H groups in total. The Balaban J connectivity index is 1.42. The van der Waals surface area contributed by atoms with Crippen LogP contribution in [-0.4, -0.2) is 36.6 Å². The first kappa shape index (κ1) is 12.0. The molecule has 3 saturated heterocycles. The number of nitrogens with one attached hydrogen (secondary N) is 1. The summed E-state index contributed by atoms with van der Waals surface area (Å²) < 4.78 is 0. The Kier molecular flexibility index (Phi) is 3.72. The summed E-state index contributed by atoms with van der Waals surface area (Å²) >= 11 is 0. The topological polar surface area (TPSA) is 15.3 Å². The maximum Gasteiger partial charge on any atom is 0.00728 e. The third-order valence-corrected chi connectivity index (χ3v) is 5.17. The average Bonchev–Trinajstić information content (AvgIpc) is 2.66. The van der Waals surface area contributed by atoms with Crippen molar-refractivity contribution in [1.82, 2.24) is 10.2 Å². The summed E-state index contributed by atoms with van der Waals surface area (Å²) in [5.74, 6) is 1.96. The highest BCUT2D eigenvalue weighted by Crippen LogP contribution is 2.33. The van der Waals surface area contributed by atoms with Crippen LogP contribution in [0.15, 0.2) is 0 Å². The summed E-state index contributed by atoms with van der Waals surface area (Å²) in [5, 5.41) is 3.75. The van der Waals surface area contributed by atoms with Crippen LogP contribution >= 0.6 is 0 Å². The fourth-order valence-electron chi connectivity index (χ4n) is 4.27. The molecular weight excluding hydrogens is 208 g/mol. The Morgan fingerprint density at radius 2 is 1.88 bits per heavy atom. The lowest BCUT2D eigenvalue weighted by molar-refractivity contribution is 0.162. The molecule has 3 aliphatic rings. The van der Waals surface area contributed by atoms with E-state index in [1.807, 2.05) is 0 Å². The summed E-state index contributed by atoms with van der Waals surface area (Å²) in [6, 6.07) is 1.75. The second-order valence-electron chi connectivity index (χ2n) is 6.81. The molecule has 2 heteroatoms. The van der Waals surface area contributed by atoms with Crippen LogP contribution in [0.4, 0.5) is 0 Å². The number of likely N-dealkylation sites (tertiary alicyclic amines) is 1. The van der Waals surface area contributed by atoms with Gasteiger partial charge in [0, 0.05) is 18.6 Å². The van der Waals surface area contributed by atoms with Crippen LogP contribution in [0.2, 0.25) is 0 Å². The molecule has 2 bridgehead atoms. The van der Waals surface area contributed by atoms with Crippen LogP contribution < -0.4 is 5.32 Å². The van der Waals surface area contributed by atoms with E-state index >= 15 is 0 Å². The van der Waals surface area contributed by atoms with Crippen molar-refractivity contribution in [3.8, 4) is 0 Å². The summed E-state index contributed by atoms with van der Waals surface area (Å²) in [7, 11) is 0. The van der Waals surface area contributed by atoms with Gasteiger partial charge in [0.25, 0.3) is 0 Å². The van der Waals surface area contributed by atoms with Crippen LogP contribution in [0.1, 0.15) is 51.9 Å². The lowest BCUT2D eigenvalue weighted by Gasteiger charge is -2.34. The number of piperidine rings is 2. The maximum atomic E-state index is 3.75. The third kappa shape index (κ3) is 3.03. The Hall–Kier alpha value is -0.0800. The van der Waals surface area contributed by atoms with Gasteiger partial charge in [-0.3, -0.25) is 0 Å². The minimum Gasteiger partial charge on any atom is -0.311 e. The molecule has 17 heavy (non-hydrogen) atoms. The van der Waals surface area contributed by atoms with Gasteiger partial charge in [0.05, 0.1) is 0 Å². The first-order valence-corrected chi connectivity index (χ1v) is 7.78. The summed E-state index contributed by atoms with van der Waals surface area (Å²) in [6.07, 6.45) is 10.2. The van der Waals surface area contributed by atoms with Gasteiger partial charge in [-0.15, -0.1) is 0 Å². The molecular formula is C15H28N2. The zero-order valence-electron chi connectivity index (χ0n) is 11.3. The van der Waals surface area contributed by atoms with Crippen molar-refractivity contribution in [1.29, 1.82) is 0 Å². The summed E-state index contributed by atoms with van der Waals surface area (Å²) in [6.45, 7) is 6.51. The number of rotatable bonds is 3. The molecule has 3 heterocycles. The van der Waals surface area contributed by atoms with Crippen molar-refractivity contribution in [2.45, 2.75) is 64.0 Å². The van der Waals surface area contributed by atoms with E-state index < -0.39 is 0 Å². The zero-order valence-corrected chi connectivity index (χ0v) is 11.3. The van der Waals surface area contributed by atoms with E-state index in [0.29, 0.717) is 0 Å². The fourth-order valence-corrected chi connectivity index (χ4v) is 4.27. The number of hydrogen-bond acceptors (Lipinski definition) is 2. The highest BCUT2D eigenvalue weighted by Gasteiger charge is 2.33. The first-order valence-electron chi connectivity index (χ1n) is 7.78. The van der Waals surface area contributed by atoms with Crippen molar-refractivity contribution in [3.63, 3.8) is 0 Å². The predicted molar refractivity (Wildman–Crippen MR) is 72.1 cm³/mol. The Bertz CT molecular complexity index is 241. The molecule has 0 amide bonds. The van der Waals surface area contributed by atoms with Crippen molar-refractivity contribution < 1.29 is 0 Å². The standard InChI is InChI=1S/C15H28N2/c1-12-3-2-7-17(11-12)8-6-13-9-14-4-5-15(10-13)16-14/h12-16H,2-11H2,1H3. The molecule has 0 aromatic rings. The molecule has 0 aromatic carbocycles. The van der Waals surface area contributed by atoms with E-state index in [2.05, 4.69) is 17.1 Å². The fraction of sp³-hybridized carbons (Fsp3) is 1.00. The van der Waals surface area contributed by atoms with E-state index in [1.54, 1.807) is 0 Å². The van der Waals surface area contributed by atoms with Gasteiger partial charge in [-0.2, -0.15) is 0 Å². The van der Waals surface area contributed by atoms with Gasteiger partial charge in [-0.05, 0) is 69.9 Å². The van der Waals surface area contributed by atoms with Gasteiger partial charge in [0.15, 0.2) is 0 Å². The monoisotopic (exact) mass is 236 g/mol. The molecule has 0 aliphatic carbocycles. The smallest absolute Gasteiger partial charge is 0.00728 e. The number of hydrogen-bond donors (Lipinski definition) is 1. The van der Waals surface area contributed by atoms with Crippen LogP contribution in [0.3, 0.4) is 0 Å². The summed E-state index contributed by atoms with van der Waals surface area (Å²) in [5.41, 5.74) is 0. The molecule has 0 aromatic heterocycles. The maximum absolute atomic E-state index is 3.75. The Labute approximate surface area is 106 Å². The number of nitrogens with zero attached hydrogens (tertiary/aromatic N) is 1. The minimum atomic E-state index is 0.874. The van der Waals surface area contributed by atoms with Crippen molar-refractivity contribution in [2.24, 2.45) is 11.8 Å². The van der Waals surface area contributed by atoms with Crippen molar-refractivity contribution in [3.05, 3.63) is 0 Å². The Morgan fingerprint density at radius 1 is 1.12 bits per heavy atom.